The quantitative estimate of drug-likeness (QED) is 0.467. The molecule has 0 aliphatic rings. The minimum Gasteiger partial charge on any atom is -0.373 e. The van der Waals surface area contributed by atoms with Gasteiger partial charge in [-0.15, -0.1) is 0 Å². The maximum absolute atomic E-state index is 8.56. The summed E-state index contributed by atoms with van der Waals surface area (Å²) >= 11 is 0. The van der Waals surface area contributed by atoms with E-state index >= 15 is 0 Å². The van der Waals surface area contributed by atoms with Crippen molar-refractivity contribution in [3.05, 3.63) is 24.3 Å². The molecular weight excluding hydrogens is 276 g/mol. The first-order chi connectivity index (χ1) is 9.65. The van der Waals surface area contributed by atoms with Crippen LogP contribution in [0, 0.1) is 22.7 Å². The van der Waals surface area contributed by atoms with Crippen LogP contribution in [0.5, 0.6) is 0 Å². The van der Waals surface area contributed by atoms with Gasteiger partial charge in [-0.2, -0.15) is 15.6 Å². The standard InChI is InChI=1S/C12H14N4O3Si/c1-17-20(18-2,19-3)12-6-4-10(5-7-12)15-16-11(8-13)9-14/h4-7,15H,1-3H3. The van der Waals surface area contributed by atoms with Crippen molar-refractivity contribution in [2.45, 2.75) is 0 Å². The van der Waals surface area contributed by atoms with Crippen molar-refractivity contribution in [3.8, 4) is 12.1 Å². The molecule has 0 fully saturated rings. The molecule has 0 spiro atoms. The third-order valence-electron chi connectivity index (χ3n) is 2.55. The number of benzene rings is 1. The van der Waals surface area contributed by atoms with Gasteiger partial charge in [-0.25, -0.2) is 0 Å². The van der Waals surface area contributed by atoms with E-state index in [4.69, 9.17) is 23.8 Å². The molecule has 0 aliphatic carbocycles. The molecule has 7 nitrogen and oxygen atoms in total. The van der Waals surface area contributed by atoms with Crippen LogP contribution in [0.3, 0.4) is 0 Å². The fraction of sp³-hybridized carbons (Fsp3) is 0.250. The third-order valence-corrected chi connectivity index (χ3v) is 5.21. The van der Waals surface area contributed by atoms with E-state index in [1.165, 1.54) is 21.3 Å². The molecule has 104 valence electrons. The Morgan fingerprint density at radius 1 is 1.05 bits per heavy atom. The topological polar surface area (TPSA) is 99.7 Å². The van der Waals surface area contributed by atoms with E-state index < -0.39 is 8.80 Å². The minimum absolute atomic E-state index is 0.247. The number of nitriles is 2. The summed E-state index contributed by atoms with van der Waals surface area (Å²) in [6.07, 6.45) is 0. The lowest BCUT2D eigenvalue weighted by Crippen LogP contribution is -2.54. The van der Waals surface area contributed by atoms with Crippen LogP contribution in [-0.4, -0.2) is 35.8 Å². The van der Waals surface area contributed by atoms with Crippen LogP contribution >= 0.6 is 0 Å². The number of hydrogen-bond donors (Lipinski definition) is 1. The summed E-state index contributed by atoms with van der Waals surface area (Å²) in [5.74, 6) is 0. The lowest BCUT2D eigenvalue weighted by molar-refractivity contribution is 0.140. The van der Waals surface area contributed by atoms with Gasteiger partial charge in [0.2, 0.25) is 5.71 Å². The Hall–Kier alpha value is -2.23. The molecule has 8 heteroatoms. The van der Waals surface area contributed by atoms with Gasteiger partial charge in [0.1, 0.15) is 12.1 Å². The third kappa shape index (κ3) is 3.41. The summed E-state index contributed by atoms with van der Waals surface area (Å²) in [5, 5.41) is 21.6. The lowest BCUT2D eigenvalue weighted by atomic mass is 10.3. The van der Waals surface area contributed by atoms with Crippen molar-refractivity contribution in [2.75, 3.05) is 26.8 Å². The molecule has 0 aliphatic heterocycles. The zero-order chi connectivity index (χ0) is 15.0. The molecule has 0 saturated heterocycles. The average molecular weight is 290 g/mol. The summed E-state index contributed by atoms with van der Waals surface area (Å²) in [7, 11) is 1.75. The van der Waals surface area contributed by atoms with E-state index in [2.05, 4.69) is 10.5 Å². The largest absolute Gasteiger partial charge is 0.536 e. The Bertz CT molecular complexity index is 531. The number of hydrazone groups is 1. The summed E-state index contributed by atoms with van der Waals surface area (Å²) in [6, 6.07) is 10.3. The van der Waals surface area contributed by atoms with Crippen molar-refractivity contribution in [1.29, 1.82) is 10.5 Å². The highest BCUT2D eigenvalue weighted by atomic mass is 28.4. The second kappa shape index (κ2) is 7.38. The Morgan fingerprint density at radius 3 is 1.95 bits per heavy atom. The fourth-order valence-electron chi connectivity index (χ4n) is 1.55. The fourth-order valence-corrected chi connectivity index (χ4v) is 3.33. The predicted octanol–water partition coefficient (Wildman–Crippen LogP) is 0.587. The van der Waals surface area contributed by atoms with Crippen LogP contribution in [0.1, 0.15) is 0 Å². The lowest BCUT2D eigenvalue weighted by Gasteiger charge is -2.24. The molecule has 1 aromatic carbocycles. The van der Waals surface area contributed by atoms with Crippen LogP contribution in [-0.2, 0) is 13.3 Å². The van der Waals surface area contributed by atoms with Gasteiger partial charge in [0.15, 0.2) is 0 Å². The molecule has 1 aromatic rings. The van der Waals surface area contributed by atoms with E-state index in [9.17, 15) is 0 Å². The Morgan fingerprint density at radius 2 is 1.55 bits per heavy atom. The van der Waals surface area contributed by atoms with Crippen LogP contribution in [0.15, 0.2) is 29.4 Å². The first-order valence-corrected chi connectivity index (χ1v) is 7.28. The van der Waals surface area contributed by atoms with Crippen LogP contribution in [0.4, 0.5) is 5.69 Å². The SMILES string of the molecule is CO[Si](OC)(OC)c1ccc(NN=C(C#N)C#N)cc1. The molecule has 0 heterocycles. The minimum atomic E-state index is -2.84. The first kappa shape index (κ1) is 15.8. The van der Waals surface area contributed by atoms with Gasteiger partial charge < -0.3 is 13.3 Å². The highest BCUT2D eigenvalue weighted by molar-refractivity contribution is 6.75. The van der Waals surface area contributed by atoms with Crippen LogP contribution in [0.2, 0.25) is 0 Å². The van der Waals surface area contributed by atoms with E-state index in [-0.39, 0.29) is 5.71 Å². The second-order valence-corrected chi connectivity index (χ2v) is 6.46. The van der Waals surface area contributed by atoms with Gasteiger partial charge in [0.05, 0.1) is 5.69 Å². The predicted molar refractivity (Wildman–Crippen MR) is 75.1 cm³/mol. The Labute approximate surface area is 118 Å². The Balaban J connectivity index is 2.93. The molecule has 0 aromatic heterocycles. The van der Waals surface area contributed by atoms with Gasteiger partial charge in [0.25, 0.3) is 0 Å². The van der Waals surface area contributed by atoms with Gasteiger partial charge in [0, 0.05) is 26.5 Å². The van der Waals surface area contributed by atoms with Crippen molar-refractivity contribution in [3.63, 3.8) is 0 Å². The maximum atomic E-state index is 8.56. The summed E-state index contributed by atoms with van der Waals surface area (Å²) in [5.41, 5.74) is 3.00. The maximum Gasteiger partial charge on any atom is 0.536 e. The van der Waals surface area contributed by atoms with Gasteiger partial charge >= 0.3 is 8.80 Å². The summed E-state index contributed by atoms with van der Waals surface area (Å²) < 4.78 is 16.1. The first-order valence-electron chi connectivity index (χ1n) is 5.55. The monoisotopic (exact) mass is 290 g/mol. The highest BCUT2D eigenvalue weighted by Crippen LogP contribution is 2.10. The average Bonchev–Trinajstić information content (AvgIpc) is 2.52. The summed E-state index contributed by atoms with van der Waals surface area (Å²) in [4.78, 5) is 0. The molecular formula is C12H14N4O3Si. The molecule has 0 unspecified atom stereocenters. The normalized spacial score (nSPS) is 10.2. The number of rotatable bonds is 6. The molecule has 0 amide bonds. The number of nitrogens with one attached hydrogen (secondary N) is 1. The number of anilines is 1. The van der Waals surface area contributed by atoms with E-state index in [1.807, 2.05) is 0 Å². The Kier molecular flexibility index (Phi) is 5.84. The van der Waals surface area contributed by atoms with E-state index in [0.717, 1.165) is 5.19 Å². The van der Waals surface area contributed by atoms with Crippen molar-refractivity contribution in [2.24, 2.45) is 5.10 Å². The zero-order valence-electron chi connectivity index (χ0n) is 11.4. The molecule has 1 rings (SSSR count). The molecule has 0 atom stereocenters. The molecule has 1 N–H and O–H groups in total. The molecule has 0 radical (unpaired) electrons. The zero-order valence-corrected chi connectivity index (χ0v) is 12.4. The smallest absolute Gasteiger partial charge is 0.373 e. The van der Waals surface area contributed by atoms with E-state index in [0.29, 0.717) is 5.69 Å². The molecule has 0 bridgehead atoms. The van der Waals surface area contributed by atoms with Crippen LogP contribution < -0.4 is 10.6 Å². The van der Waals surface area contributed by atoms with Crippen molar-refractivity contribution >= 4 is 25.4 Å². The summed E-state index contributed by atoms with van der Waals surface area (Å²) in [6.45, 7) is 0. The molecule has 0 saturated carbocycles. The van der Waals surface area contributed by atoms with Crippen molar-refractivity contribution < 1.29 is 13.3 Å². The van der Waals surface area contributed by atoms with Gasteiger partial charge in [-0.05, 0) is 12.1 Å². The number of nitrogens with zero attached hydrogens (tertiary/aromatic N) is 3. The second-order valence-electron chi connectivity index (χ2n) is 3.54. The molecule has 20 heavy (non-hydrogen) atoms. The van der Waals surface area contributed by atoms with Crippen LogP contribution in [0.25, 0.3) is 0 Å². The van der Waals surface area contributed by atoms with Gasteiger partial charge in [-0.3, -0.25) is 5.43 Å². The van der Waals surface area contributed by atoms with Crippen molar-refractivity contribution in [1.82, 2.24) is 0 Å². The van der Waals surface area contributed by atoms with Gasteiger partial charge in [-0.1, -0.05) is 12.1 Å². The van der Waals surface area contributed by atoms with E-state index in [1.54, 1.807) is 36.4 Å². The highest BCUT2D eigenvalue weighted by Gasteiger charge is 2.40. The number of hydrogen-bond acceptors (Lipinski definition) is 7.